The van der Waals surface area contributed by atoms with E-state index in [0.29, 0.717) is 17.5 Å². The second-order valence-electron chi connectivity index (χ2n) is 4.25. The molecular weight excluding hydrogens is 248 g/mol. The minimum Gasteiger partial charge on any atom is -0.344 e. The quantitative estimate of drug-likeness (QED) is 0.888. The van der Waals surface area contributed by atoms with Crippen LogP contribution in [-0.4, -0.2) is 16.5 Å². The van der Waals surface area contributed by atoms with Crippen molar-refractivity contribution in [3.63, 3.8) is 0 Å². The number of nitrogens with two attached hydrogens (primary N) is 1. The van der Waals surface area contributed by atoms with Crippen LogP contribution < -0.4 is 11.1 Å². The highest BCUT2D eigenvalue weighted by molar-refractivity contribution is 6.30. The summed E-state index contributed by atoms with van der Waals surface area (Å²) in [5, 5.41) is 3.75. The molecule has 0 saturated carbocycles. The number of benzene rings is 1. The van der Waals surface area contributed by atoms with Gasteiger partial charge in [0.1, 0.15) is 0 Å². The lowest BCUT2D eigenvalue weighted by atomic mass is 9.92. The maximum atomic E-state index is 5.87. The Labute approximate surface area is 111 Å². The molecule has 3 N–H and O–H groups in total. The van der Waals surface area contributed by atoms with E-state index in [4.69, 9.17) is 17.3 Å². The summed E-state index contributed by atoms with van der Waals surface area (Å²) in [7, 11) is 0. The number of hydrogen-bond acceptors (Lipinski definition) is 4. The topological polar surface area (TPSA) is 63.8 Å². The highest BCUT2D eigenvalue weighted by Gasteiger charge is 2.25. The molecule has 0 fully saturated rings. The maximum Gasteiger partial charge on any atom is 0.223 e. The Morgan fingerprint density at radius 3 is 2.39 bits per heavy atom. The summed E-state index contributed by atoms with van der Waals surface area (Å²) in [4.78, 5) is 8.25. The van der Waals surface area contributed by atoms with Gasteiger partial charge in [0, 0.05) is 6.54 Å². The smallest absolute Gasteiger partial charge is 0.223 e. The molecule has 0 radical (unpaired) electrons. The van der Waals surface area contributed by atoms with Gasteiger partial charge in [-0.1, -0.05) is 41.9 Å². The molecule has 1 unspecified atom stereocenters. The minimum absolute atomic E-state index is 0.408. The SMILES string of the molecule is CC(CN)(Nc1ncc(Cl)cn1)c1ccccc1. The van der Waals surface area contributed by atoms with Crippen LogP contribution in [0.25, 0.3) is 0 Å². The van der Waals surface area contributed by atoms with Crippen LogP contribution in [0.3, 0.4) is 0 Å². The van der Waals surface area contributed by atoms with Crippen LogP contribution in [0.5, 0.6) is 0 Å². The molecule has 0 saturated heterocycles. The van der Waals surface area contributed by atoms with E-state index >= 15 is 0 Å². The number of nitrogens with zero attached hydrogens (tertiary/aromatic N) is 2. The van der Waals surface area contributed by atoms with Crippen molar-refractivity contribution in [3.05, 3.63) is 53.3 Å². The van der Waals surface area contributed by atoms with E-state index in [1.54, 1.807) is 12.4 Å². The van der Waals surface area contributed by atoms with Crippen molar-refractivity contribution in [2.45, 2.75) is 12.5 Å². The number of aromatic nitrogens is 2. The average molecular weight is 263 g/mol. The first-order valence-electron chi connectivity index (χ1n) is 5.65. The summed E-state index contributed by atoms with van der Waals surface area (Å²) in [6, 6.07) is 9.98. The molecule has 5 heteroatoms. The van der Waals surface area contributed by atoms with Gasteiger partial charge in [0.25, 0.3) is 0 Å². The van der Waals surface area contributed by atoms with Gasteiger partial charge < -0.3 is 11.1 Å². The Bertz CT molecular complexity index is 500. The van der Waals surface area contributed by atoms with Gasteiger partial charge in [-0.2, -0.15) is 0 Å². The molecule has 1 atom stereocenters. The van der Waals surface area contributed by atoms with Gasteiger partial charge in [-0.15, -0.1) is 0 Å². The molecule has 2 rings (SSSR count). The molecule has 0 aliphatic heterocycles. The fourth-order valence-corrected chi connectivity index (χ4v) is 1.77. The highest BCUT2D eigenvalue weighted by Crippen LogP contribution is 2.23. The monoisotopic (exact) mass is 262 g/mol. The van der Waals surface area contributed by atoms with Crippen LogP contribution in [0, 0.1) is 0 Å². The molecule has 4 nitrogen and oxygen atoms in total. The Hall–Kier alpha value is -1.65. The van der Waals surface area contributed by atoms with E-state index in [1.165, 1.54) is 0 Å². The predicted molar refractivity (Wildman–Crippen MR) is 73.5 cm³/mol. The molecule has 0 spiro atoms. The summed E-state index contributed by atoms with van der Waals surface area (Å²) >= 11 is 5.76. The molecule has 0 bridgehead atoms. The first kappa shape index (κ1) is 12.8. The summed E-state index contributed by atoms with van der Waals surface area (Å²) in [5.74, 6) is 0.510. The number of rotatable bonds is 4. The molecule has 94 valence electrons. The van der Waals surface area contributed by atoms with Crippen molar-refractivity contribution in [2.75, 3.05) is 11.9 Å². The lowest BCUT2D eigenvalue weighted by Gasteiger charge is -2.29. The Kier molecular flexibility index (Phi) is 3.79. The van der Waals surface area contributed by atoms with Gasteiger partial charge in [0.05, 0.1) is 23.0 Å². The average Bonchev–Trinajstić information content (AvgIpc) is 2.42. The zero-order chi connectivity index (χ0) is 13.0. The van der Waals surface area contributed by atoms with E-state index in [1.807, 2.05) is 37.3 Å². The minimum atomic E-state index is -0.408. The van der Waals surface area contributed by atoms with Crippen LogP contribution in [0.2, 0.25) is 5.02 Å². The van der Waals surface area contributed by atoms with Crippen LogP contribution in [0.1, 0.15) is 12.5 Å². The number of halogens is 1. The Balaban J connectivity index is 2.26. The molecular formula is C13H15ClN4. The van der Waals surface area contributed by atoms with Crippen molar-refractivity contribution in [1.82, 2.24) is 9.97 Å². The van der Waals surface area contributed by atoms with Crippen molar-refractivity contribution in [1.29, 1.82) is 0 Å². The molecule has 2 aromatic rings. The van der Waals surface area contributed by atoms with E-state index in [9.17, 15) is 0 Å². The van der Waals surface area contributed by atoms with Crippen molar-refractivity contribution >= 4 is 17.5 Å². The zero-order valence-corrected chi connectivity index (χ0v) is 10.9. The second kappa shape index (κ2) is 5.33. The fourth-order valence-electron chi connectivity index (χ4n) is 1.67. The second-order valence-corrected chi connectivity index (χ2v) is 4.69. The van der Waals surface area contributed by atoms with Crippen molar-refractivity contribution in [3.8, 4) is 0 Å². The molecule has 1 aromatic heterocycles. The third kappa shape index (κ3) is 2.78. The van der Waals surface area contributed by atoms with Crippen LogP contribution in [0.15, 0.2) is 42.7 Å². The van der Waals surface area contributed by atoms with Crippen molar-refractivity contribution in [2.24, 2.45) is 5.73 Å². The fraction of sp³-hybridized carbons (Fsp3) is 0.231. The number of nitrogens with one attached hydrogen (secondary N) is 1. The van der Waals surface area contributed by atoms with Crippen LogP contribution >= 0.6 is 11.6 Å². The molecule has 18 heavy (non-hydrogen) atoms. The summed E-state index contributed by atoms with van der Waals surface area (Å²) < 4.78 is 0. The normalized spacial score (nSPS) is 13.9. The van der Waals surface area contributed by atoms with E-state index < -0.39 is 5.54 Å². The van der Waals surface area contributed by atoms with Crippen molar-refractivity contribution < 1.29 is 0 Å². The third-order valence-electron chi connectivity index (χ3n) is 2.83. The summed E-state index contributed by atoms with van der Waals surface area (Å²) in [6.45, 7) is 2.45. The number of hydrogen-bond donors (Lipinski definition) is 2. The molecule has 1 heterocycles. The van der Waals surface area contributed by atoms with Crippen LogP contribution in [-0.2, 0) is 5.54 Å². The van der Waals surface area contributed by atoms with Gasteiger partial charge in [-0.3, -0.25) is 0 Å². The maximum absolute atomic E-state index is 5.87. The lowest BCUT2D eigenvalue weighted by Crippen LogP contribution is -2.40. The molecule has 0 amide bonds. The van der Waals surface area contributed by atoms with Gasteiger partial charge in [0.2, 0.25) is 5.95 Å². The van der Waals surface area contributed by atoms with Gasteiger partial charge in [-0.05, 0) is 12.5 Å². The largest absolute Gasteiger partial charge is 0.344 e. The Morgan fingerprint density at radius 2 is 1.83 bits per heavy atom. The summed E-state index contributed by atoms with van der Waals surface area (Å²) in [5.41, 5.74) is 6.55. The third-order valence-corrected chi connectivity index (χ3v) is 3.02. The molecule has 1 aromatic carbocycles. The van der Waals surface area contributed by atoms with E-state index in [-0.39, 0.29) is 0 Å². The summed E-state index contributed by atoms with van der Waals surface area (Å²) in [6.07, 6.45) is 3.11. The first-order valence-corrected chi connectivity index (χ1v) is 6.03. The van der Waals surface area contributed by atoms with Gasteiger partial charge >= 0.3 is 0 Å². The zero-order valence-electron chi connectivity index (χ0n) is 10.1. The Morgan fingerprint density at radius 1 is 1.22 bits per heavy atom. The first-order chi connectivity index (χ1) is 8.64. The molecule has 0 aliphatic rings. The van der Waals surface area contributed by atoms with E-state index in [0.717, 1.165) is 5.56 Å². The lowest BCUT2D eigenvalue weighted by molar-refractivity contribution is 0.550. The van der Waals surface area contributed by atoms with Crippen LogP contribution in [0.4, 0.5) is 5.95 Å². The molecule has 0 aliphatic carbocycles. The predicted octanol–water partition coefficient (Wildman–Crippen LogP) is 2.42. The standard InChI is InChI=1S/C13H15ClN4/c1-13(9-15,10-5-3-2-4-6-10)18-12-16-7-11(14)8-17-12/h2-8H,9,15H2,1H3,(H,16,17,18). The number of anilines is 1. The van der Waals surface area contributed by atoms with Gasteiger partial charge in [0.15, 0.2) is 0 Å². The highest BCUT2D eigenvalue weighted by atomic mass is 35.5. The van der Waals surface area contributed by atoms with Gasteiger partial charge in [-0.25, -0.2) is 9.97 Å². The van der Waals surface area contributed by atoms with E-state index in [2.05, 4.69) is 15.3 Å².